The van der Waals surface area contributed by atoms with E-state index in [1.54, 1.807) is 0 Å². The molecule has 0 spiro atoms. The van der Waals surface area contributed by atoms with Crippen LogP contribution >= 0.6 is 11.3 Å². The number of amides is 1. The molecule has 3 heterocycles. The third kappa shape index (κ3) is 5.14. The zero-order valence-electron chi connectivity index (χ0n) is 21.5. The van der Waals surface area contributed by atoms with Gasteiger partial charge in [-0.3, -0.25) is 4.79 Å². The second kappa shape index (κ2) is 10.4. The Morgan fingerprint density at radius 2 is 1.79 bits per heavy atom. The van der Waals surface area contributed by atoms with Crippen molar-refractivity contribution in [2.75, 3.05) is 25.2 Å². The summed E-state index contributed by atoms with van der Waals surface area (Å²) >= 11 is 1.36. The molecule has 0 aliphatic carbocycles. The summed E-state index contributed by atoms with van der Waals surface area (Å²) in [7, 11) is -3.63. The summed E-state index contributed by atoms with van der Waals surface area (Å²) in [6.45, 7) is 7.20. The SMILES string of the molecule is Cc1c(Cc2ccc3c(c2)OCO3)sc(NC(=O)c2ccc(S(=O)(=O)N3CC(C)CC(C)C3)cc2)c1C#N. The van der Waals surface area contributed by atoms with E-state index in [1.165, 1.54) is 39.9 Å². The second-order valence-corrected chi connectivity index (χ2v) is 13.1. The van der Waals surface area contributed by atoms with Gasteiger partial charge in [-0.15, -0.1) is 11.3 Å². The summed E-state index contributed by atoms with van der Waals surface area (Å²) in [6.07, 6.45) is 1.59. The van der Waals surface area contributed by atoms with Crippen LogP contribution < -0.4 is 14.8 Å². The molecule has 8 nitrogen and oxygen atoms in total. The Morgan fingerprint density at radius 3 is 2.47 bits per heavy atom. The van der Waals surface area contributed by atoms with Crippen LogP contribution in [0.25, 0.3) is 0 Å². The molecule has 3 aromatic rings. The first-order chi connectivity index (χ1) is 18.2. The van der Waals surface area contributed by atoms with Crippen molar-refractivity contribution in [3.63, 3.8) is 0 Å². The van der Waals surface area contributed by atoms with Gasteiger partial charge in [-0.05, 0) is 72.7 Å². The lowest BCUT2D eigenvalue weighted by molar-refractivity contribution is 0.102. The van der Waals surface area contributed by atoms with Crippen molar-refractivity contribution in [3.05, 3.63) is 69.6 Å². The van der Waals surface area contributed by atoms with E-state index in [2.05, 4.69) is 25.2 Å². The van der Waals surface area contributed by atoms with Gasteiger partial charge in [0, 0.05) is 30.0 Å². The number of fused-ring (bicyclic) bond motifs is 1. The molecule has 0 radical (unpaired) electrons. The van der Waals surface area contributed by atoms with E-state index in [0.717, 1.165) is 22.4 Å². The van der Waals surface area contributed by atoms with Crippen LogP contribution in [0, 0.1) is 30.1 Å². The zero-order valence-corrected chi connectivity index (χ0v) is 23.1. The molecule has 1 fully saturated rings. The van der Waals surface area contributed by atoms with Gasteiger partial charge >= 0.3 is 0 Å². The van der Waals surface area contributed by atoms with Gasteiger partial charge in [-0.1, -0.05) is 19.9 Å². The van der Waals surface area contributed by atoms with Crippen LogP contribution in [0.2, 0.25) is 0 Å². The van der Waals surface area contributed by atoms with Gasteiger partial charge in [0.2, 0.25) is 16.8 Å². The molecule has 2 atom stereocenters. The molecule has 198 valence electrons. The van der Waals surface area contributed by atoms with Crippen molar-refractivity contribution >= 4 is 32.3 Å². The summed E-state index contributed by atoms with van der Waals surface area (Å²) < 4.78 is 38.7. The number of thiophene rings is 1. The smallest absolute Gasteiger partial charge is 0.256 e. The minimum Gasteiger partial charge on any atom is -0.454 e. The van der Waals surface area contributed by atoms with Crippen LogP contribution in [0.4, 0.5) is 5.00 Å². The highest BCUT2D eigenvalue weighted by atomic mass is 32.2. The van der Waals surface area contributed by atoms with Crippen molar-refractivity contribution < 1.29 is 22.7 Å². The number of benzene rings is 2. The van der Waals surface area contributed by atoms with E-state index in [9.17, 15) is 18.5 Å². The van der Waals surface area contributed by atoms with E-state index in [4.69, 9.17) is 9.47 Å². The van der Waals surface area contributed by atoms with Gasteiger partial charge < -0.3 is 14.8 Å². The Kier molecular flexibility index (Phi) is 7.18. The number of piperidine rings is 1. The third-order valence-corrected chi connectivity index (χ3v) is 10.0. The summed E-state index contributed by atoms with van der Waals surface area (Å²) in [6, 6.07) is 13.9. The normalized spacial score (nSPS) is 19.2. The number of sulfonamides is 1. The molecule has 2 unspecified atom stereocenters. The molecule has 2 aromatic carbocycles. The number of hydrogen-bond acceptors (Lipinski definition) is 7. The minimum atomic E-state index is -3.63. The van der Waals surface area contributed by atoms with Crippen molar-refractivity contribution in [2.24, 2.45) is 11.8 Å². The maximum absolute atomic E-state index is 13.2. The Hall–Kier alpha value is -3.39. The fourth-order valence-electron chi connectivity index (χ4n) is 5.09. The molecule has 2 aliphatic rings. The number of ether oxygens (including phenoxy) is 2. The van der Waals surface area contributed by atoms with Crippen molar-refractivity contribution in [3.8, 4) is 17.6 Å². The Morgan fingerprint density at radius 1 is 1.11 bits per heavy atom. The van der Waals surface area contributed by atoms with Crippen LogP contribution in [0.1, 0.15) is 52.2 Å². The molecule has 0 saturated carbocycles. The second-order valence-electron chi connectivity index (χ2n) is 10.1. The summed E-state index contributed by atoms with van der Waals surface area (Å²) in [4.78, 5) is 14.2. The molecule has 1 N–H and O–H groups in total. The Bertz CT molecular complexity index is 1510. The number of nitrogens with one attached hydrogen (secondary N) is 1. The van der Waals surface area contributed by atoms with Gasteiger partial charge in [-0.2, -0.15) is 9.57 Å². The number of anilines is 1. The molecular weight excluding hydrogens is 522 g/mol. The van der Waals surface area contributed by atoms with Crippen molar-refractivity contribution in [1.82, 2.24) is 4.31 Å². The molecule has 1 aromatic heterocycles. The number of hydrogen-bond donors (Lipinski definition) is 1. The standard InChI is InChI=1S/C28H29N3O5S2/c1-17-10-18(2)15-31(14-17)38(33,34)22-7-5-21(6-8-22)27(32)30-28-23(13-29)19(3)26(37-28)12-20-4-9-24-25(11-20)36-16-35-24/h4-9,11,17-18H,10,12,14-16H2,1-3H3,(H,30,32). The molecule has 38 heavy (non-hydrogen) atoms. The minimum absolute atomic E-state index is 0.172. The molecular formula is C28H29N3O5S2. The van der Waals surface area contributed by atoms with Gasteiger partial charge in [-0.25, -0.2) is 8.42 Å². The first-order valence-electron chi connectivity index (χ1n) is 12.5. The highest BCUT2D eigenvalue weighted by Crippen LogP contribution is 2.37. The number of carbonyl (C=O) groups is 1. The van der Waals surface area contributed by atoms with Crippen LogP contribution in [0.15, 0.2) is 47.4 Å². The quantitative estimate of drug-likeness (QED) is 0.453. The van der Waals surface area contributed by atoms with Crippen molar-refractivity contribution in [2.45, 2.75) is 38.5 Å². The summed E-state index contributed by atoms with van der Waals surface area (Å²) in [5, 5.41) is 13.1. The first kappa shape index (κ1) is 26.2. The highest BCUT2D eigenvalue weighted by molar-refractivity contribution is 7.89. The van der Waals surface area contributed by atoms with Crippen LogP contribution in [0.5, 0.6) is 11.5 Å². The van der Waals surface area contributed by atoms with Gasteiger partial charge in [0.1, 0.15) is 11.1 Å². The maximum atomic E-state index is 13.2. The Labute approximate surface area is 226 Å². The highest BCUT2D eigenvalue weighted by Gasteiger charge is 2.31. The van der Waals surface area contributed by atoms with Gasteiger partial charge in [0.25, 0.3) is 5.91 Å². The largest absolute Gasteiger partial charge is 0.454 e. The number of rotatable bonds is 6. The lowest BCUT2D eigenvalue weighted by Gasteiger charge is -2.34. The third-order valence-electron chi connectivity index (χ3n) is 6.98. The van der Waals surface area contributed by atoms with Crippen molar-refractivity contribution in [1.29, 1.82) is 5.26 Å². The van der Waals surface area contributed by atoms with E-state index in [1.807, 2.05) is 25.1 Å². The molecule has 1 saturated heterocycles. The first-order valence-corrected chi connectivity index (χ1v) is 14.7. The van der Waals surface area contributed by atoms with E-state index >= 15 is 0 Å². The average Bonchev–Trinajstić information content (AvgIpc) is 3.47. The number of nitriles is 1. The lowest BCUT2D eigenvalue weighted by Crippen LogP contribution is -2.42. The fraction of sp³-hybridized carbons (Fsp3) is 0.357. The average molecular weight is 552 g/mol. The van der Waals surface area contributed by atoms with Gasteiger partial charge in [0.05, 0.1) is 10.5 Å². The van der Waals surface area contributed by atoms with E-state index in [-0.39, 0.29) is 11.7 Å². The molecule has 5 rings (SSSR count). The van der Waals surface area contributed by atoms with Crippen LogP contribution in [-0.2, 0) is 16.4 Å². The zero-order chi connectivity index (χ0) is 27.0. The molecule has 1 amide bonds. The predicted octanol–water partition coefficient (Wildman–Crippen LogP) is 5.17. The molecule has 0 bridgehead atoms. The predicted molar refractivity (Wildman–Crippen MR) is 145 cm³/mol. The van der Waals surface area contributed by atoms with Gasteiger partial charge in [0.15, 0.2) is 11.5 Å². The summed E-state index contributed by atoms with van der Waals surface area (Å²) in [5.74, 6) is 1.61. The maximum Gasteiger partial charge on any atom is 0.256 e. The monoisotopic (exact) mass is 551 g/mol. The summed E-state index contributed by atoms with van der Waals surface area (Å²) in [5.41, 5.74) is 2.57. The topological polar surface area (TPSA) is 109 Å². The number of nitrogens with zero attached hydrogens (tertiary/aromatic N) is 2. The fourth-order valence-corrected chi connectivity index (χ4v) is 7.96. The Balaban J connectivity index is 1.31. The van der Waals surface area contributed by atoms with E-state index in [0.29, 0.717) is 59.0 Å². The molecule has 2 aliphatic heterocycles. The van der Waals surface area contributed by atoms with Crippen LogP contribution in [0.3, 0.4) is 0 Å². The van der Waals surface area contributed by atoms with Crippen LogP contribution in [-0.4, -0.2) is 38.5 Å². The van der Waals surface area contributed by atoms with E-state index < -0.39 is 15.9 Å². The lowest BCUT2D eigenvalue weighted by atomic mass is 9.94. The number of carbonyl (C=O) groups excluding carboxylic acids is 1. The molecule has 10 heteroatoms.